The SMILES string of the molecule is C=C(N)/N=C\C(=C/N)c1ccc(C(C)(c2noc(-c3ncc[nH]3)n2)C(C)C)cc1. The predicted molar refractivity (Wildman–Crippen MR) is 114 cm³/mol. The van der Waals surface area contributed by atoms with Gasteiger partial charge in [-0.3, -0.25) is 0 Å². The Hall–Kier alpha value is -3.68. The van der Waals surface area contributed by atoms with Crippen LogP contribution in [0.15, 0.2) is 64.8 Å². The van der Waals surface area contributed by atoms with Crippen LogP contribution in [0.4, 0.5) is 0 Å². The molecule has 0 amide bonds. The molecule has 1 atom stereocenters. The van der Waals surface area contributed by atoms with Crippen molar-refractivity contribution in [2.24, 2.45) is 22.4 Å². The van der Waals surface area contributed by atoms with Crippen molar-refractivity contribution in [3.63, 3.8) is 0 Å². The minimum absolute atomic E-state index is 0.210. The first-order chi connectivity index (χ1) is 13.9. The summed E-state index contributed by atoms with van der Waals surface area (Å²) >= 11 is 0. The van der Waals surface area contributed by atoms with Gasteiger partial charge in [-0.05, 0) is 24.0 Å². The van der Waals surface area contributed by atoms with Gasteiger partial charge < -0.3 is 21.0 Å². The molecular formula is C21H25N7O. The first-order valence-corrected chi connectivity index (χ1v) is 9.21. The van der Waals surface area contributed by atoms with Crippen LogP contribution < -0.4 is 11.5 Å². The number of nitrogens with one attached hydrogen (secondary N) is 1. The van der Waals surface area contributed by atoms with E-state index in [1.54, 1.807) is 18.6 Å². The molecule has 8 nitrogen and oxygen atoms in total. The van der Waals surface area contributed by atoms with Crippen molar-refractivity contribution >= 4 is 11.8 Å². The van der Waals surface area contributed by atoms with Gasteiger partial charge in [0.15, 0.2) is 11.6 Å². The van der Waals surface area contributed by atoms with E-state index in [0.717, 1.165) is 16.7 Å². The molecule has 2 heterocycles. The van der Waals surface area contributed by atoms with Gasteiger partial charge in [-0.15, -0.1) is 0 Å². The van der Waals surface area contributed by atoms with E-state index >= 15 is 0 Å². The van der Waals surface area contributed by atoms with Gasteiger partial charge in [-0.1, -0.05) is 49.8 Å². The normalized spacial score (nSPS) is 14.4. The lowest BCUT2D eigenvalue weighted by Crippen LogP contribution is -2.31. The molecule has 0 aliphatic carbocycles. The Morgan fingerprint density at radius 2 is 2.03 bits per heavy atom. The van der Waals surface area contributed by atoms with Crippen molar-refractivity contribution < 1.29 is 4.52 Å². The molecule has 1 aromatic carbocycles. The summed E-state index contributed by atoms with van der Waals surface area (Å²) in [5, 5.41) is 4.24. The molecular weight excluding hydrogens is 366 g/mol. The lowest BCUT2D eigenvalue weighted by Gasteiger charge is -2.31. The van der Waals surface area contributed by atoms with Crippen molar-refractivity contribution in [1.82, 2.24) is 20.1 Å². The number of hydrogen-bond donors (Lipinski definition) is 3. The van der Waals surface area contributed by atoms with Crippen molar-refractivity contribution in [1.29, 1.82) is 0 Å². The molecule has 0 saturated carbocycles. The zero-order valence-electron chi connectivity index (χ0n) is 16.8. The van der Waals surface area contributed by atoms with E-state index in [1.807, 2.05) is 24.3 Å². The minimum Gasteiger partial charge on any atom is -0.404 e. The maximum absolute atomic E-state index is 5.74. The molecule has 0 aliphatic rings. The second-order valence-corrected chi connectivity index (χ2v) is 7.17. The third kappa shape index (κ3) is 3.96. The van der Waals surface area contributed by atoms with E-state index in [0.29, 0.717) is 17.5 Å². The van der Waals surface area contributed by atoms with Crippen molar-refractivity contribution in [2.45, 2.75) is 26.2 Å². The predicted octanol–water partition coefficient (Wildman–Crippen LogP) is 3.22. The molecule has 8 heteroatoms. The van der Waals surface area contributed by atoms with E-state index in [1.165, 1.54) is 6.20 Å². The van der Waals surface area contributed by atoms with Gasteiger partial charge in [0.1, 0.15) is 5.82 Å². The maximum atomic E-state index is 5.74. The monoisotopic (exact) mass is 391 g/mol. The number of benzene rings is 1. The highest BCUT2D eigenvalue weighted by Crippen LogP contribution is 2.38. The fraction of sp³-hybridized carbons (Fsp3) is 0.238. The average molecular weight is 391 g/mol. The van der Waals surface area contributed by atoms with E-state index in [9.17, 15) is 0 Å². The largest absolute Gasteiger partial charge is 0.404 e. The van der Waals surface area contributed by atoms with Crippen LogP contribution in [0.25, 0.3) is 17.3 Å². The summed E-state index contributed by atoms with van der Waals surface area (Å²) in [6.07, 6.45) is 6.43. The summed E-state index contributed by atoms with van der Waals surface area (Å²) in [5.41, 5.74) is 13.5. The minimum atomic E-state index is -0.459. The Labute approximate surface area is 169 Å². The van der Waals surface area contributed by atoms with Crippen LogP contribution in [-0.4, -0.2) is 26.3 Å². The molecule has 3 aromatic rings. The van der Waals surface area contributed by atoms with Crippen LogP contribution in [-0.2, 0) is 5.41 Å². The van der Waals surface area contributed by atoms with Crippen LogP contribution in [0.2, 0.25) is 0 Å². The number of imidazole rings is 1. The highest BCUT2D eigenvalue weighted by Gasteiger charge is 2.37. The molecule has 0 radical (unpaired) electrons. The van der Waals surface area contributed by atoms with Crippen molar-refractivity contribution in [2.75, 3.05) is 0 Å². The van der Waals surface area contributed by atoms with Gasteiger partial charge >= 0.3 is 0 Å². The first-order valence-electron chi connectivity index (χ1n) is 9.21. The zero-order chi connectivity index (χ0) is 21.0. The quantitative estimate of drug-likeness (QED) is 0.530. The summed E-state index contributed by atoms with van der Waals surface area (Å²) in [5.74, 6) is 1.94. The Balaban J connectivity index is 1.96. The molecule has 1 unspecified atom stereocenters. The van der Waals surface area contributed by atoms with E-state index in [4.69, 9.17) is 16.0 Å². The third-order valence-electron chi connectivity index (χ3n) is 5.11. The molecule has 0 spiro atoms. The summed E-state index contributed by atoms with van der Waals surface area (Å²) in [4.78, 5) is 15.8. The van der Waals surface area contributed by atoms with Gasteiger partial charge in [-0.25, -0.2) is 9.98 Å². The lowest BCUT2D eigenvalue weighted by molar-refractivity contribution is 0.350. The van der Waals surface area contributed by atoms with Crippen LogP contribution in [0.5, 0.6) is 0 Å². The Morgan fingerprint density at radius 3 is 2.59 bits per heavy atom. The van der Waals surface area contributed by atoms with Gasteiger partial charge in [0.05, 0.1) is 5.41 Å². The van der Waals surface area contributed by atoms with Gasteiger partial charge in [0.25, 0.3) is 5.89 Å². The lowest BCUT2D eigenvalue weighted by atomic mass is 9.72. The molecule has 3 rings (SSSR count). The average Bonchev–Trinajstić information content (AvgIpc) is 3.39. The highest BCUT2D eigenvalue weighted by molar-refractivity contribution is 6.09. The highest BCUT2D eigenvalue weighted by atomic mass is 16.5. The smallest absolute Gasteiger partial charge is 0.293 e. The fourth-order valence-electron chi connectivity index (χ4n) is 3.01. The van der Waals surface area contributed by atoms with E-state index in [2.05, 4.69) is 52.5 Å². The van der Waals surface area contributed by atoms with Crippen LogP contribution in [0.1, 0.15) is 37.7 Å². The maximum Gasteiger partial charge on any atom is 0.293 e. The van der Waals surface area contributed by atoms with Crippen LogP contribution >= 0.6 is 0 Å². The molecule has 2 aromatic heterocycles. The second-order valence-electron chi connectivity index (χ2n) is 7.17. The zero-order valence-corrected chi connectivity index (χ0v) is 16.8. The molecule has 0 fully saturated rings. The van der Waals surface area contributed by atoms with Gasteiger partial charge in [-0.2, -0.15) is 4.98 Å². The number of rotatable bonds is 7. The topological polar surface area (TPSA) is 132 Å². The molecule has 0 aliphatic heterocycles. The first kappa shape index (κ1) is 20.1. The van der Waals surface area contributed by atoms with E-state index < -0.39 is 5.41 Å². The number of allylic oxidation sites excluding steroid dienone is 1. The standard InChI is InChI=1S/C21H25N7O/c1-13(2)21(4,20-27-19(29-28-20)18-24-9-10-25-18)17-7-5-15(6-8-17)16(11-22)12-26-14(3)23/h5-13H,3,22-23H2,1-2,4H3,(H,24,25)/b16-11+,26-12-. The van der Waals surface area contributed by atoms with Gasteiger partial charge in [0, 0.05) is 30.4 Å². The summed E-state index contributed by atoms with van der Waals surface area (Å²) in [6, 6.07) is 8.03. The number of H-pyrrole nitrogens is 1. The summed E-state index contributed by atoms with van der Waals surface area (Å²) in [6.45, 7) is 9.91. The van der Waals surface area contributed by atoms with Crippen molar-refractivity contribution in [3.05, 3.63) is 72.2 Å². The number of aromatic nitrogens is 4. The Kier molecular flexibility index (Phi) is 5.63. The summed E-state index contributed by atoms with van der Waals surface area (Å²) in [7, 11) is 0. The number of nitrogens with zero attached hydrogens (tertiary/aromatic N) is 4. The number of aliphatic imine (C=N–C) groups is 1. The second kappa shape index (κ2) is 8.14. The molecule has 29 heavy (non-hydrogen) atoms. The number of nitrogens with two attached hydrogens (primary N) is 2. The van der Waals surface area contributed by atoms with Gasteiger partial charge in [0.2, 0.25) is 0 Å². The molecule has 150 valence electrons. The number of aromatic amines is 1. The summed E-state index contributed by atoms with van der Waals surface area (Å²) < 4.78 is 5.44. The molecule has 0 saturated heterocycles. The Morgan fingerprint density at radius 1 is 1.31 bits per heavy atom. The Bertz CT molecular complexity index is 1030. The molecule has 5 N–H and O–H groups in total. The molecule has 0 bridgehead atoms. The fourth-order valence-corrected chi connectivity index (χ4v) is 3.01. The van der Waals surface area contributed by atoms with Crippen LogP contribution in [0.3, 0.4) is 0 Å². The van der Waals surface area contributed by atoms with Crippen molar-refractivity contribution in [3.8, 4) is 11.7 Å². The van der Waals surface area contributed by atoms with Crippen LogP contribution in [0, 0.1) is 5.92 Å². The third-order valence-corrected chi connectivity index (χ3v) is 5.11. The van der Waals surface area contributed by atoms with E-state index in [-0.39, 0.29) is 11.7 Å². The number of hydrogen-bond acceptors (Lipinski definition) is 7.